The minimum atomic E-state index is -3.34. The van der Waals surface area contributed by atoms with Gasteiger partial charge in [0.25, 0.3) is 0 Å². The third kappa shape index (κ3) is 3.71. The standard InChI is InChI=1S/C13H22N2O2S/c1-5-10(2)11(3)15-12-6-8-13(9-7-12)18(16,17)14-4/h6-11,14-15H,5H2,1-4H3. The van der Waals surface area contributed by atoms with Crippen LogP contribution in [0.25, 0.3) is 0 Å². The summed E-state index contributed by atoms with van der Waals surface area (Å²) in [4.78, 5) is 0.284. The molecule has 0 heterocycles. The van der Waals surface area contributed by atoms with Crippen LogP contribution < -0.4 is 10.0 Å². The number of rotatable bonds is 6. The average molecular weight is 270 g/mol. The van der Waals surface area contributed by atoms with Crippen molar-refractivity contribution in [2.75, 3.05) is 12.4 Å². The van der Waals surface area contributed by atoms with Crippen LogP contribution in [-0.4, -0.2) is 21.5 Å². The van der Waals surface area contributed by atoms with Crippen molar-refractivity contribution in [1.29, 1.82) is 0 Å². The van der Waals surface area contributed by atoms with Crippen molar-refractivity contribution >= 4 is 15.7 Å². The van der Waals surface area contributed by atoms with E-state index in [0.29, 0.717) is 12.0 Å². The maximum Gasteiger partial charge on any atom is 0.240 e. The Kier molecular flexibility index (Phi) is 5.16. The molecule has 0 fully saturated rings. The van der Waals surface area contributed by atoms with Crippen LogP contribution in [-0.2, 0) is 10.0 Å². The number of nitrogens with one attached hydrogen (secondary N) is 2. The Morgan fingerprint density at radius 2 is 1.72 bits per heavy atom. The van der Waals surface area contributed by atoms with Gasteiger partial charge in [-0.3, -0.25) is 0 Å². The van der Waals surface area contributed by atoms with Crippen molar-refractivity contribution in [2.24, 2.45) is 5.92 Å². The minimum Gasteiger partial charge on any atom is -0.382 e. The Morgan fingerprint density at radius 1 is 1.17 bits per heavy atom. The molecule has 0 bridgehead atoms. The molecular weight excluding hydrogens is 248 g/mol. The molecule has 0 radical (unpaired) electrons. The lowest BCUT2D eigenvalue weighted by atomic mass is 10.0. The fourth-order valence-electron chi connectivity index (χ4n) is 1.61. The second-order valence-corrected chi connectivity index (χ2v) is 6.44. The fraction of sp³-hybridized carbons (Fsp3) is 0.538. The summed E-state index contributed by atoms with van der Waals surface area (Å²) < 4.78 is 25.4. The van der Waals surface area contributed by atoms with Crippen LogP contribution in [0.1, 0.15) is 27.2 Å². The van der Waals surface area contributed by atoms with Gasteiger partial charge in [-0.05, 0) is 44.2 Å². The predicted molar refractivity (Wildman–Crippen MR) is 75.2 cm³/mol. The number of sulfonamides is 1. The van der Waals surface area contributed by atoms with E-state index in [1.807, 2.05) is 0 Å². The molecule has 1 rings (SSSR count). The zero-order valence-corrected chi connectivity index (χ0v) is 12.2. The third-order valence-electron chi connectivity index (χ3n) is 3.33. The Morgan fingerprint density at radius 3 is 2.17 bits per heavy atom. The van der Waals surface area contributed by atoms with Gasteiger partial charge in [0, 0.05) is 11.7 Å². The van der Waals surface area contributed by atoms with Gasteiger partial charge in [-0.1, -0.05) is 20.3 Å². The molecule has 0 amide bonds. The smallest absolute Gasteiger partial charge is 0.240 e. The summed E-state index contributed by atoms with van der Waals surface area (Å²) in [5, 5.41) is 3.37. The highest BCUT2D eigenvalue weighted by molar-refractivity contribution is 7.89. The maximum atomic E-state index is 11.6. The molecule has 0 aromatic heterocycles. The fourth-order valence-corrected chi connectivity index (χ4v) is 2.34. The molecule has 1 aromatic rings. The highest BCUT2D eigenvalue weighted by atomic mass is 32.2. The first-order chi connectivity index (χ1) is 8.40. The minimum absolute atomic E-state index is 0.284. The lowest BCUT2D eigenvalue weighted by molar-refractivity contribution is 0.494. The highest BCUT2D eigenvalue weighted by Crippen LogP contribution is 2.17. The Labute approximate surface area is 110 Å². The van der Waals surface area contributed by atoms with E-state index >= 15 is 0 Å². The number of hydrogen-bond donors (Lipinski definition) is 2. The molecule has 18 heavy (non-hydrogen) atoms. The van der Waals surface area contributed by atoms with E-state index in [4.69, 9.17) is 0 Å². The van der Waals surface area contributed by atoms with E-state index < -0.39 is 10.0 Å². The van der Waals surface area contributed by atoms with Gasteiger partial charge in [-0.25, -0.2) is 13.1 Å². The summed E-state index contributed by atoms with van der Waals surface area (Å²) in [6, 6.07) is 7.17. The molecule has 0 saturated carbocycles. The Balaban J connectivity index is 2.78. The monoisotopic (exact) mass is 270 g/mol. The first-order valence-electron chi connectivity index (χ1n) is 6.21. The summed E-state index contributed by atoms with van der Waals surface area (Å²) >= 11 is 0. The van der Waals surface area contributed by atoms with E-state index in [9.17, 15) is 8.42 Å². The lowest BCUT2D eigenvalue weighted by Gasteiger charge is -2.21. The van der Waals surface area contributed by atoms with Crippen LogP contribution >= 0.6 is 0 Å². The second-order valence-electron chi connectivity index (χ2n) is 4.55. The van der Waals surface area contributed by atoms with Gasteiger partial charge in [0.1, 0.15) is 0 Å². The number of benzene rings is 1. The van der Waals surface area contributed by atoms with E-state index in [1.54, 1.807) is 24.3 Å². The molecule has 0 saturated heterocycles. The molecule has 0 aliphatic carbocycles. The topological polar surface area (TPSA) is 58.2 Å². The van der Waals surface area contributed by atoms with Crippen molar-refractivity contribution in [1.82, 2.24) is 4.72 Å². The Hall–Kier alpha value is -1.07. The van der Waals surface area contributed by atoms with E-state index in [-0.39, 0.29) is 4.90 Å². The van der Waals surface area contributed by atoms with Gasteiger partial charge in [-0.15, -0.1) is 0 Å². The molecule has 102 valence electrons. The first-order valence-corrected chi connectivity index (χ1v) is 7.69. The lowest BCUT2D eigenvalue weighted by Crippen LogP contribution is -2.23. The molecule has 2 atom stereocenters. The van der Waals surface area contributed by atoms with Gasteiger partial charge in [0.05, 0.1) is 4.90 Å². The molecule has 0 aliphatic heterocycles. The summed E-state index contributed by atoms with van der Waals surface area (Å²) in [5.41, 5.74) is 0.942. The summed E-state index contributed by atoms with van der Waals surface area (Å²) in [7, 11) is -1.93. The normalized spacial score (nSPS) is 15.1. The highest BCUT2D eigenvalue weighted by Gasteiger charge is 2.12. The van der Waals surface area contributed by atoms with Gasteiger partial charge in [0.2, 0.25) is 10.0 Å². The van der Waals surface area contributed by atoms with Crippen molar-refractivity contribution in [3.8, 4) is 0 Å². The molecule has 5 heteroatoms. The zero-order valence-electron chi connectivity index (χ0n) is 11.4. The number of hydrogen-bond acceptors (Lipinski definition) is 3. The zero-order chi connectivity index (χ0) is 13.8. The third-order valence-corrected chi connectivity index (χ3v) is 4.76. The van der Waals surface area contributed by atoms with E-state index in [1.165, 1.54) is 7.05 Å². The summed E-state index contributed by atoms with van der Waals surface area (Å²) in [5.74, 6) is 0.575. The SMILES string of the molecule is CCC(C)C(C)Nc1ccc(S(=O)(=O)NC)cc1. The average Bonchev–Trinajstić information content (AvgIpc) is 2.38. The van der Waals surface area contributed by atoms with Crippen LogP contribution in [0.2, 0.25) is 0 Å². The summed E-state index contributed by atoms with van der Waals surface area (Å²) in [6.45, 7) is 6.48. The van der Waals surface area contributed by atoms with Crippen LogP contribution in [0, 0.1) is 5.92 Å². The second kappa shape index (κ2) is 6.20. The maximum absolute atomic E-state index is 11.6. The van der Waals surface area contributed by atoms with Crippen molar-refractivity contribution < 1.29 is 8.42 Å². The first kappa shape index (κ1) is 15.0. The molecular formula is C13H22N2O2S. The van der Waals surface area contributed by atoms with Crippen molar-refractivity contribution in [3.63, 3.8) is 0 Å². The van der Waals surface area contributed by atoms with Gasteiger partial charge < -0.3 is 5.32 Å². The van der Waals surface area contributed by atoms with Gasteiger partial charge in [-0.2, -0.15) is 0 Å². The van der Waals surface area contributed by atoms with Crippen LogP contribution in [0.5, 0.6) is 0 Å². The molecule has 0 aliphatic rings. The van der Waals surface area contributed by atoms with Gasteiger partial charge in [0.15, 0.2) is 0 Å². The van der Waals surface area contributed by atoms with Crippen molar-refractivity contribution in [3.05, 3.63) is 24.3 Å². The molecule has 2 N–H and O–H groups in total. The van der Waals surface area contributed by atoms with Crippen molar-refractivity contribution in [2.45, 2.75) is 38.1 Å². The largest absolute Gasteiger partial charge is 0.382 e. The Bertz CT molecular complexity index is 468. The molecule has 1 aromatic carbocycles. The van der Waals surface area contributed by atoms with E-state index in [0.717, 1.165) is 12.1 Å². The number of anilines is 1. The summed E-state index contributed by atoms with van der Waals surface area (Å²) in [6.07, 6.45) is 1.11. The van der Waals surface area contributed by atoms with Crippen LogP contribution in [0.3, 0.4) is 0 Å². The quantitative estimate of drug-likeness (QED) is 0.834. The van der Waals surface area contributed by atoms with Gasteiger partial charge >= 0.3 is 0 Å². The molecule has 4 nitrogen and oxygen atoms in total. The van der Waals surface area contributed by atoms with Crippen LogP contribution in [0.4, 0.5) is 5.69 Å². The van der Waals surface area contributed by atoms with Crippen LogP contribution in [0.15, 0.2) is 29.2 Å². The molecule has 0 spiro atoms. The molecule has 2 unspecified atom stereocenters. The van der Waals surface area contributed by atoms with E-state index in [2.05, 4.69) is 30.8 Å². The predicted octanol–water partition coefficient (Wildman–Crippen LogP) is 2.44.